The van der Waals surface area contributed by atoms with Crippen LogP contribution in [0.5, 0.6) is 0 Å². The molecule has 6 heterocycles. The molecular weight excluding hydrogens is 905 g/mol. The maximum atomic E-state index is 12.1. The van der Waals surface area contributed by atoms with E-state index in [-0.39, 0.29) is 5.97 Å². The lowest BCUT2D eigenvalue weighted by Gasteiger charge is -2.10. The number of hydrogen-bond acceptors (Lipinski definition) is 7. The molecule has 1 aliphatic heterocycles. The minimum absolute atomic E-state index is 0.362. The number of ether oxygens (including phenoxy) is 1. The van der Waals surface area contributed by atoms with Gasteiger partial charge >= 0.3 is 13.8 Å². The lowest BCUT2D eigenvalue weighted by Crippen LogP contribution is -2.14. The van der Waals surface area contributed by atoms with Crippen molar-refractivity contribution in [1.29, 1.82) is 0 Å². The Morgan fingerprint density at radius 3 is 1.95 bits per heavy atom. The van der Waals surface area contributed by atoms with Crippen molar-refractivity contribution in [1.82, 2.24) is 4.98 Å². The fourth-order valence-electron chi connectivity index (χ4n) is 4.63. The number of thiophene rings is 4. The summed E-state index contributed by atoms with van der Waals surface area (Å²) in [5.74, 6) is -0.362. The highest BCUT2D eigenvalue weighted by atomic mass is 79.9. The topological polar surface area (TPSA) is 54.4 Å². The van der Waals surface area contributed by atoms with Gasteiger partial charge in [0, 0.05) is 15.3 Å². The lowest BCUT2D eigenvalue weighted by molar-refractivity contribution is 0.0600. The zero-order valence-corrected chi connectivity index (χ0v) is 31.6. The maximum Gasteiger partial charge on any atom is 0.577 e. The van der Waals surface area contributed by atoms with Crippen LogP contribution in [0.25, 0.3) is 41.4 Å². The minimum atomic E-state index is -1.00. The van der Waals surface area contributed by atoms with E-state index in [0.717, 1.165) is 59.2 Å². The predicted molar refractivity (Wildman–Crippen MR) is 195 cm³/mol. The molecule has 6 aromatic rings. The lowest BCUT2D eigenvalue weighted by atomic mass is 9.99. The first kappa shape index (κ1) is 32.2. The van der Waals surface area contributed by atoms with Crippen LogP contribution in [0.4, 0.5) is 8.63 Å². The van der Waals surface area contributed by atoms with Crippen molar-refractivity contribution in [2.75, 3.05) is 7.11 Å². The number of methoxy groups -OCH3 is 1. The molecule has 0 atom stereocenters. The van der Waals surface area contributed by atoms with Gasteiger partial charge < -0.3 is 9.72 Å². The number of rotatable bonds is 5. The average molecular weight is 919 g/mol. The highest BCUT2D eigenvalue weighted by molar-refractivity contribution is 9.11. The van der Waals surface area contributed by atoms with Gasteiger partial charge in [-0.25, -0.2) is 9.79 Å². The molecule has 0 bridgehead atoms. The number of benzene rings is 1. The molecule has 7 rings (SSSR count). The van der Waals surface area contributed by atoms with Crippen LogP contribution >= 0.6 is 109 Å². The fraction of sp³-hybridized carbons (Fsp3) is 0.0345. The summed E-state index contributed by atoms with van der Waals surface area (Å²) in [4.78, 5) is 25.7. The quantitative estimate of drug-likeness (QED) is 0.138. The Balaban J connectivity index is 0.00000110. The Kier molecular flexibility index (Phi) is 9.94. The molecule has 0 saturated carbocycles. The molecular formula is C29H14BBr4F2N2O2S4. The van der Waals surface area contributed by atoms with Crippen LogP contribution < -0.4 is 9.89 Å². The summed E-state index contributed by atoms with van der Waals surface area (Å²) in [6.45, 7) is 0. The van der Waals surface area contributed by atoms with Gasteiger partial charge in [-0.3, -0.25) is 8.63 Å². The summed E-state index contributed by atoms with van der Waals surface area (Å²) in [7, 11) is 0.391. The van der Waals surface area contributed by atoms with Crippen molar-refractivity contribution in [2.24, 2.45) is 4.99 Å². The number of carbonyl (C=O) groups is 1. The van der Waals surface area contributed by atoms with Crippen molar-refractivity contribution in [3.05, 3.63) is 104 Å². The standard InChI is InChI=1S/C29H14Br4N2O2S4.BF2/c1-37-29(36)13-4-2-12(3-5-13)22(14-10-18-25(34-14)23(32)27(40-18)16-6-8-20(30)38-16)15-11-19-26(35-15)24(33)28(41-19)17-7-9-21(31)39-17;2-1-3/h2-11,34H,1H3;/b22-15-;. The van der Waals surface area contributed by atoms with E-state index in [0.29, 0.717) is 5.56 Å². The Bertz CT molecular complexity index is 2200. The number of esters is 1. The number of nitrogens with one attached hydrogen (secondary N) is 1. The van der Waals surface area contributed by atoms with Crippen molar-refractivity contribution < 1.29 is 18.2 Å². The highest BCUT2D eigenvalue weighted by Gasteiger charge is 2.23. The van der Waals surface area contributed by atoms with Gasteiger partial charge in [0.2, 0.25) is 0 Å². The third-order valence-corrected chi connectivity index (χ3v) is 14.4. The SMILES string of the molecule is COC(=O)c1ccc(/C(=C2\C=c3sc(-c4ccc(Br)s4)c(Br)c3=N2)c2cc3sc(-c4ccc(Br)s4)c(Br)c3[nH]2)cc1.F[B]F. The number of aromatic amines is 1. The zero-order valence-electron chi connectivity index (χ0n) is 22.0. The minimum Gasteiger partial charge on any atom is -0.465 e. The van der Waals surface area contributed by atoms with Crippen molar-refractivity contribution >= 4 is 145 Å². The van der Waals surface area contributed by atoms with Gasteiger partial charge in [0.15, 0.2) is 0 Å². The molecule has 5 aromatic heterocycles. The van der Waals surface area contributed by atoms with Gasteiger partial charge in [0.05, 0.1) is 70.4 Å². The van der Waals surface area contributed by atoms with Crippen molar-refractivity contribution in [3.63, 3.8) is 0 Å². The van der Waals surface area contributed by atoms with Crippen LogP contribution in [-0.4, -0.2) is 25.9 Å². The third kappa shape index (κ3) is 6.18. The summed E-state index contributed by atoms with van der Waals surface area (Å²) in [5.41, 5.74) is 5.29. The average Bonchev–Trinajstić information content (AvgIpc) is 3.85. The van der Waals surface area contributed by atoms with Gasteiger partial charge in [0.1, 0.15) is 0 Å². The van der Waals surface area contributed by atoms with E-state index < -0.39 is 7.83 Å². The first-order valence-corrected chi connectivity index (χ1v) is 18.8. The van der Waals surface area contributed by atoms with E-state index >= 15 is 0 Å². The molecule has 1 aliphatic rings. The third-order valence-electron chi connectivity index (χ3n) is 6.48. The second-order valence-electron chi connectivity index (χ2n) is 9.00. The van der Waals surface area contributed by atoms with Crippen molar-refractivity contribution in [2.45, 2.75) is 0 Å². The summed E-state index contributed by atoms with van der Waals surface area (Å²) in [6.07, 6.45) is 2.15. The van der Waals surface area contributed by atoms with Gasteiger partial charge in [0.25, 0.3) is 0 Å². The monoisotopic (exact) mass is 915 g/mol. The first-order valence-electron chi connectivity index (χ1n) is 12.4. The van der Waals surface area contributed by atoms with E-state index in [1.807, 2.05) is 12.1 Å². The molecule has 0 saturated heterocycles. The maximum absolute atomic E-state index is 12.1. The molecule has 0 unspecified atom stereocenters. The first-order chi connectivity index (χ1) is 21.2. The van der Waals surface area contributed by atoms with E-state index in [4.69, 9.17) is 9.73 Å². The molecule has 15 heteroatoms. The van der Waals surface area contributed by atoms with E-state index in [1.165, 1.54) is 26.6 Å². The van der Waals surface area contributed by atoms with Gasteiger partial charge in [-0.2, -0.15) is 0 Å². The number of carbonyl (C=O) groups excluding carboxylic acids is 1. The van der Waals surface area contributed by atoms with Crippen LogP contribution in [0.3, 0.4) is 0 Å². The smallest absolute Gasteiger partial charge is 0.465 e. The van der Waals surface area contributed by atoms with Gasteiger partial charge in [-0.15, -0.1) is 45.3 Å². The molecule has 1 aromatic carbocycles. The predicted octanol–water partition coefficient (Wildman–Crippen LogP) is 10.9. The number of nitrogens with zero attached hydrogens (tertiary/aromatic N) is 1. The number of fused-ring (bicyclic) bond motifs is 2. The number of halogens is 6. The summed E-state index contributed by atoms with van der Waals surface area (Å²) in [6, 6.07) is 18.1. The van der Waals surface area contributed by atoms with Crippen LogP contribution in [0.2, 0.25) is 0 Å². The molecule has 44 heavy (non-hydrogen) atoms. The van der Waals surface area contributed by atoms with E-state index in [2.05, 4.69) is 105 Å². The molecule has 1 radical (unpaired) electrons. The summed E-state index contributed by atoms with van der Waals surface area (Å²) >= 11 is 21.7. The Morgan fingerprint density at radius 2 is 1.43 bits per heavy atom. The molecule has 4 nitrogen and oxygen atoms in total. The Morgan fingerprint density at radius 1 is 0.841 bits per heavy atom. The van der Waals surface area contributed by atoms with Gasteiger partial charge in [-0.05, 0) is 118 Å². The van der Waals surface area contributed by atoms with Gasteiger partial charge in [-0.1, -0.05) is 12.1 Å². The van der Waals surface area contributed by atoms with Crippen LogP contribution in [0.1, 0.15) is 21.6 Å². The van der Waals surface area contributed by atoms with Crippen LogP contribution in [0, 0.1) is 0 Å². The van der Waals surface area contributed by atoms with E-state index in [9.17, 15) is 13.4 Å². The number of H-pyrrole nitrogens is 1. The summed E-state index contributed by atoms with van der Waals surface area (Å²) < 4.78 is 30.4. The molecule has 221 valence electrons. The number of hydrogen-bond donors (Lipinski definition) is 1. The number of aromatic nitrogens is 1. The normalized spacial score (nSPS) is 13.2. The van der Waals surface area contributed by atoms with Crippen LogP contribution in [-0.2, 0) is 4.74 Å². The molecule has 0 aliphatic carbocycles. The second-order valence-corrected chi connectivity index (χ2v) is 17.6. The zero-order chi connectivity index (χ0) is 31.1. The summed E-state index contributed by atoms with van der Waals surface area (Å²) in [5, 5.41) is 0.938. The molecule has 0 fully saturated rings. The largest absolute Gasteiger partial charge is 0.577 e. The van der Waals surface area contributed by atoms with E-state index in [1.54, 1.807) is 57.5 Å². The number of allylic oxidation sites excluding steroid dienone is 1. The van der Waals surface area contributed by atoms with Crippen LogP contribution in [0.15, 0.2) is 81.8 Å². The highest BCUT2D eigenvalue weighted by Crippen LogP contribution is 2.46. The fourth-order valence-corrected chi connectivity index (χ4v) is 11.8. The Hall–Kier alpha value is -1.72. The van der Waals surface area contributed by atoms with Crippen molar-refractivity contribution in [3.8, 4) is 19.5 Å². The Labute approximate surface area is 300 Å². The second kappa shape index (κ2) is 13.6. The molecule has 0 amide bonds. The molecule has 1 N–H and O–H groups in total. The molecule has 0 spiro atoms.